The summed E-state index contributed by atoms with van der Waals surface area (Å²) in [6.07, 6.45) is 3.00. The van der Waals surface area contributed by atoms with Crippen LogP contribution in [0.2, 0.25) is 0 Å². The highest BCUT2D eigenvalue weighted by Gasteiger charge is 2.36. The van der Waals surface area contributed by atoms with Gasteiger partial charge in [0, 0.05) is 31.3 Å². The molecule has 1 aromatic heterocycles. The van der Waals surface area contributed by atoms with Crippen LogP contribution in [0.1, 0.15) is 46.9 Å². The number of hydrogen-bond donors (Lipinski definition) is 2. The molecule has 1 atom stereocenters. The predicted molar refractivity (Wildman–Crippen MR) is 99.7 cm³/mol. The van der Waals surface area contributed by atoms with Crippen molar-refractivity contribution in [3.8, 4) is 0 Å². The van der Waals surface area contributed by atoms with E-state index in [2.05, 4.69) is 10.3 Å². The Morgan fingerprint density at radius 3 is 2.70 bits per heavy atom. The van der Waals surface area contributed by atoms with Gasteiger partial charge in [0.25, 0.3) is 5.91 Å². The van der Waals surface area contributed by atoms with E-state index in [-0.39, 0.29) is 36.3 Å². The smallest absolute Gasteiger partial charge is 0.254 e. The van der Waals surface area contributed by atoms with Crippen LogP contribution < -0.4 is 5.32 Å². The number of hydrogen-bond acceptors (Lipinski definition) is 4. The molecule has 140 valence electrons. The van der Waals surface area contributed by atoms with Crippen molar-refractivity contribution in [1.29, 1.82) is 0 Å². The highest BCUT2D eigenvalue weighted by atomic mass is 16.3. The zero-order valence-corrected chi connectivity index (χ0v) is 15.0. The maximum absolute atomic E-state index is 12.5. The normalized spacial score (nSPS) is 22.1. The zero-order chi connectivity index (χ0) is 18.8. The number of pyridine rings is 1. The van der Waals surface area contributed by atoms with Gasteiger partial charge < -0.3 is 15.3 Å². The van der Waals surface area contributed by atoms with Crippen molar-refractivity contribution >= 4 is 11.8 Å². The molecule has 1 saturated carbocycles. The molecule has 2 amide bonds. The molecule has 1 aromatic carbocycles. The molecular weight excluding hydrogens is 342 g/mol. The number of rotatable bonds is 6. The van der Waals surface area contributed by atoms with Crippen LogP contribution in [0.25, 0.3) is 0 Å². The molecule has 27 heavy (non-hydrogen) atoms. The van der Waals surface area contributed by atoms with Gasteiger partial charge in [-0.25, -0.2) is 0 Å². The molecule has 2 heterocycles. The quantitative estimate of drug-likeness (QED) is 0.821. The monoisotopic (exact) mass is 365 g/mol. The minimum Gasteiger partial charge on any atom is -0.393 e. The number of carbonyl (C=O) groups is 2. The molecule has 6 heteroatoms. The Morgan fingerprint density at radius 2 is 2.00 bits per heavy atom. The summed E-state index contributed by atoms with van der Waals surface area (Å²) in [5, 5.41) is 12.7. The van der Waals surface area contributed by atoms with Crippen molar-refractivity contribution in [2.75, 3.05) is 6.54 Å². The van der Waals surface area contributed by atoms with Crippen LogP contribution in [0, 0.1) is 5.92 Å². The van der Waals surface area contributed by atoms with Crippen LogP contribution >= 0.6 is 0 Å². The Balaban J connectivity index is 1.36. The Morgan fingerprint density at radius 1 is 1.22 bits per heavy atom. The van der Waals surface area contributed by atoms with Gasteiger partial charge in [0.05, 0.1) is 17.8 Å². The highest BCUT2D eigenvalue weighted by Crippen LogP contribution is 2.37. The molecule has 0 unspecified atom stereocenters. The lowest BCUT2D eigenvalue weighted by Crippen LogP contribution is -2.42. The van der Waals surface area contributed by atoms with Gasteiger partial charge in [-0.3, -0.25) is 14.6 Å². The second-order valence-electron chi connectivity index (χ2n) is 7.32. The SMILES string of the molecule is O=C(CCN1Cc2ccccc2C1=O)N[C@H](c1ccccn1)C1CC(O)C1. The summed E-state index contributed by atoms with van der Waals surface area (Å²) in [4.78, 5) is 31.1. The lowest BCUT2D eigenvalue weighted by atomic mass is 9.76. The molecule has 4 rings (SSSR count). The number of nitrogens with one attached hydrogen (secondary N) is 1. The molecule has 0 saturated heterocycles. The minimum absolute atomic E-state index is 0.0122. The average Bonchev–Trinajstić information content (AvgIpc) is 2.99. The fraction of sp³-hybridized carbons (Fsp3) is 0.381. The summed E-state index contributed by atoms with van der Waals surface area (Å²) in [5.41, 5.74) is 2.55. The Kier molecular flexibility index (Phi) is 4.90. The Hall–Kier alpha value is -2.73. The largest absolute Gasteiger partial charge is 0.393 e. The second-order valence-corrected chi connectivity index (χ2v) is 7.32. The highest BCUT2D eigenvalue weighted by molar-refractivity contribution is 5.98. The minimum atomic E-state index is -0.293. The number of aliphatic hydroxyl groups excluding tert-OH is 1. The number of benzene rings is 1. The molecule has 0 radical (unpaired) electrons. The standard InChI is InChI=1S/C21H23N3O3/c25-16-11-15(12-16)20(18-7-3-4-9-22-18)23-19(26)8-10-24-13-14-5-1-2-6-17(14)21(24)27/h1-7,9,15-16,20,25H,8,10-13H2,(H,23,26)/t15?,16?,20-/m0/s1. The van der Waals surface area contributed by atoms with E-state index < -0.39 is 0 Å². The van der Waals surface area contributed by atoms with Crippen molar-refractivity contribution in [2.24, 2.45) is 5.92 Å². The van der Waals surface area contributed by atoms with Crippen LogP contribution in [-0.2, 0) is 11.3 Å². The first-order valence-electron chi connectivity index (χ1n) is 9.37. The van der Waals surface area contributed by atoms with E-state index in [1.807, 2.05) is 42.5 Å². The molecule has 6 nitrogen and oxygen atoms in total. The first-order valence-corrected chi connectivity index (χ1v) is 9.37. The summed E-state index contributed by atoms with van der Waals surface area (Å²) in [6.45, 7) is 0.947. The topological polar surface area (TPSA) is 82.5 Å². The Bertz CT molecular complexity index is 834. The first kappa shape index (κ1) is 17.7. The van der Waals surface area contributed by atoms with Gasteiger partial charge in [0.2, 0.25) is 5.91 Å². The predicted octanol–water partition coefficient (Wildman–Crippen LogP) is 2.06. The summed E-state index contributed by atoms with van der Waals surface area (Å²) >= 11 is 0. The van der Waals surface area contributed by atoms with Crippen molar-refractivity contribution in [2.45, 2.75) is 38.0 Å². The fourth-order valence-corrected chi connectivity index (χ4v) is 3.87. The van der Waals surface area contributed by atoms with Gasteiger partial charge in [-0.2, -0.15) is 0 Å². The fourth-order valence-electron chi connectivity index (χ4n) is 3.87. The second kappa shape index (κ2) is 7.48. The number of nitrogens with zero attached hydrogens (tertiary/aromatic N) is 2. The van der Waals surface area contributed by atoms with Crippen molar-refractivity contribution in [3.63, 3.8) is 0 Å². The molecule has 0 bridgehead atoms. The maximum atomic E-state index is 12.5. The molecule has 2 aromatic rings. The van der Waals surface area contributed by atoms with E-state index in [1.165, 1.54) is 0 Å². The summed E-state index contributed by atoms with van der Waals surface area (Å²) < 4.78 is 0. The van der Waals surface area contributed by atoms with Crippen LogP contribution in [0.15, 0.2) is 48.7 Å². The number of amides is 2. The molecule has 0 spiro atoms. The van der Waals surface area contributed by atoms with Gasteiger partial charge in [-0.15, -0.1) is 0 Å². The van der Waals surface area contributed by atoms with Gasteiger partial charge >= 0.3 is 0 Å². The van der Waals surface area contributed by atoms with Crippen LogP contribution in [0.5, 0.6) is 0 Å². The molecule has 1 aliphatic carbocycles. The first-order chi connectivity index (χ1) is 13.1. The molecule has 1 fully saturated rings. The third-order valence-electron chi connectivity index (χ3n) is 5.45. The molecule has 1 aliphatic heterocycles. The van der Waals surface area contributed by atoms with E-state index in [0.29, 0.717) is 25.9 Å². The zero-order valence-electron chi connectivity index (χ0n) is 15.0. The number of carbonyl (C=O) groups excluding carboxylic acids is 2. The van der Waals surface area contributed by atoms with E-state index in [1.54, 1.807) is 11.1 Å². The van der Waals surface area contributed by atoms with E-state index in [4.69, 9.17) is 0 Å². The molecule has 2 N–H and O–H groups in total. The number of aromatic nitrogens is 1. The lowest BCUT2D eigenvalue weighted by Gasteiger charge is -2.37. The van der Waals surface area contributed by atoms with Gasteiger partial charge in [0.15, 0.2) is 0 Å². The third-order valence-corrected chi connectivity index (χ3v) is 5.45. The molecular formula is C21H23N3O3. The average molecular weight is 365 g/mol. The van der Waals surface area contributed by atoms with E-state index in [0.717, 1.165) is 16.8 Å². The number of aliphatic hydroxyl groups is 1. The van der Waals surface area contributed by atoms with Crippen LogP contribution in [0.3, 0.4) is 0 Å². The van der Waals surface area contributed by atoms with Crippen molar-refractivity contribution < 1.29 is 14.7 Å². The summed E-state index contributed by atoms with van der Waals surface area (Å²) in [6, 6.07) is 13.0. The lowest BCUT2D eigenvalue weighted by molar-refractivity contribution is -0.123. The number of fused-ring (bicyclic) bond motifs is 1. The Labute approximate surface area is 158 Å². The maximum Gasteiger partial charge on any atom is 0.254 e. The van der Waals surface area contributed by atoms with E-state index >= 15 is 0 Å². The van der Waals surface area contributed by atoms with Gasteiger partial charge in [-0.05, 0) is 42.5 Å². The van der Waals surface area contributed by atoms with Crippen molar-refractivity contribution in [1.82, 2.24) is 15.2 Å². The third kappa shape index (κ3) is 3.71. The van der Waals surface area contributed by atoms with Crippen LogP contribution in [0.4, 0.5) is 0 Å². The van der Waals surface area contributed by atoms with Crippen molar-refractivity contribution in [3.05, 3.63) is 65.5 Å². The van der Waals surface area contributed by atoms with Crippen LogP contribution in [-0.4, -0.2) is 39.5 Å². The summed E-state index contributed by atoms with van der Waals surface area (Å²) in [7, 11) is 0. The molecule has 2 aliphatic rings. The van der Waals surface area contributed by atoms with E-state index in [9.17, 15) is 14.7 Å². The van der Waals surface area contributed by atoms with Gasteiger partial charge in [-0.1, -0.05) is 24.3 Å². The van der Waals surface area contributed by atoms with Gasteiger partial charge in [0.1, 0.15) is 0 Å². The summed E-state index contributed by atoms with van der Waals surface area (Å²) in [5.74, 6) is 0.0779.